The van der Waals surface area contributed by atoms with E-state index in [9.17, 15) is 4.79 Å². The van der Waals surface area contributed by atoms with Crippen LogP contribution >= 0.6 is 0 Å². The Balaban J connectivity index is 2.49. The molecule has 5 nitrogen and oxygen atoms in total. The van der Waals surface area contributed by atoms with Gasteiger partial charge in [0.25, 0.3) is 0 Å². The minimum atomic E-state index is -1.02. The molecule has 0 aliphatic carbocycles. The van der Waals surface area contributed by atoms with Gasteiger partial charge in [0.2, 0.25) is 0 Å². The highest BCUT2D eigenvalue weighted by Crippen LogP contribution is 2.13. The maximum atomic E-state index is 10.5. The molecule has 1 aromatic carbocycles. The Morgan fingerprint density at radius 3 is 2.88 bits per heavy atom. The average molecular weight is 219 g/mol. The van der Waals surface area contributed by atoms with Crippen molar-refractivity contribution >= 4 is 11.7 Å². The van der Waals surface area contributed by atoms with Crippen molar-refractivity contribution in [1.29, 1.82) is 5.26 Å². The van der Waals surface area contributed by atoms with Crippen LogP contribution in [0.25, 0.3) is 0 Å². The molecule has 0 spiro atoms. The fourth-order valence-electron chi connectivity index (χ4n) is 1.22. The minimum Gasteiger partial charge on any atom is -0.480 e. The van der Waals surface area contributed by atoms with Crippen LogP contribution in [0.2, 0.25) is 0 Å². The van der Waals surface area contributed by atoms with Gasteiger partial charge in [0.1, 0.15) is 12.1 Å². The van der Waals surface area contributed by atoms with E-state index < -0.39 is 12.0 Å². The van der Waals surface area contributed by atoms with E-state index in [-0.39, 0.29) is 0 Å². The van der Waals surface area contributed by atoms with Gasteiger partial charge >= 0.3 is 5.97 Å². The highest BCUT2D eigenvalue weighted by molar-refractivity contribution is 5.73. The van der Waals surface area contributed by atoms with Gasteiger partial charge in [0.15, 0.2) is 0 Å². The van der Waals surface area contributed by atoms with Crippen molar-refractivity contribution in [2.45, 2.75) is 12.5 Å². The van der Waals surface area contributed by atoms with E-state index in [2.05, 4.69) is 5.32 Å². The number of anilines is 1. The Labute approximate surface area is 93.5 Å². The van der Waals surface area contributed by atoms with Crippen LogP contribution in [0.5, 0.6) is 0 Å². The lowest BCUT2D eigenvalue weighted by atomic mass is 10.2. The summed E-state index contributed by atoms with van der Waals surface area (Å²) >= 11 is 0. The molecule has 1 atom stereocenters. The Bertz CT molecular complexity index is 412. The number of nitrogens with zero attached hydrogens (tertiary/aromatic N) is 1. The van der Waals surface area contributed by atoms with Gasteiger partial charge in [0, 0.05) is 6.54 Å². The zero-order valence-corrected chi connectivity index (χ0v) is 8.68. The summed E-state index contributed by atoms with van der Waals surface area (Å²) in [6, 6.07) is 8.21. The van der Waals surface area contributed by atoms with E-state index >= 15 is 0 Å². The Morgan fingerprint density at radius 1 is 1.56 bits per heavy atom. The maximum Gasteiger partial charge on any atom is 0.320 e. The van der Waals surface area contributed by atoms with E-state index in [0.29, 0.717) is 24.2 Å². The standard InChI is InChI=1S/C11H13N3O2/c12-7-8-3-1-2-4-10(8)14-6-5-9(13)11(15)16/h1-4,9,14H,5-6,13H2,(H,15,16). The molecule has 1 aromatic rings. The summed E-state index contributed by atoms with van der Waals surface area (Å²) in [5.41, 5.74) is 6.58. The lowest BCUT2D eigenvalue weighted by molar-refractivity contribution is -0.138. The van der Waals surface area contributed by atoms with Crippen molar-refractivity contribution in [3.63, 3.8) is 0 Å². The van der Waals surface area contributed by atoms with Crippen LogP contribution < -0.4 is 11.1 Å². The molecule has 0 heterocycles. The first-order chi connectivity index (χ1) is 7.65. The van der Waals surface area contributed by atoms with E-state index in [4.69, 9.17) is 16.1 Å². The Kier molecular flexibility index (Phi) is 4.30. The van der Waals surface area contributed by atoms with Crippen molar-refractivity contribution < 1.29 is 9.90 Å². The number of aliphatic carboxylic acids is 1. The number of nitriles is 1. The number of para-hydroxylation sites is 1. The number of carbonyl (C=O) groups is 1. The largest absolute Gasteiger partial charge is 0.480 e. The van der Waals surface area contributed by atoms with Gasteiger partial charge in [-0.05, 0) is 18.6 Å². The van der Waals surface area contributed by atoms with Crippen LogP contribution in [0.4, 0.5) is 5.69 Å². The maximum absolute atomic E-state index is 10.5. The van der Waals surface area contributed by atoms with Gasteiger partial charge in [-0.25, -0.2) is 0 Å². The predicted octanol–water partition coefficient (Wildman–Crippen LogP) is 0.772. The zero-order valence-electron chi connectivity index (χ0n) is 8.68. The van der Waals surface area contributed by atoms with Gasteiger partial charge in [-0.1, -0.05) is 12.1 Å². The molecule has 0 aromatic heterocycles. The summed E-state index contributed by atoms with van der Waals surface area (Å²) in [6.45, 7) is 0.423. The van der Waals surface area contributed by atoms with Gasteiger partial charge in [0.05, 0.1) is 11.3 Å². The molecular formula is C11H13N3O2. The number of nitrogens with one attached hydrogen (secondary N) is 1. The second kappa shape index (κ2) is 5.73. The number of nitrogens with two attached hydrogens (primary N) is 1. The summed E-state index contributed by atoms with van der Waals surface area (Å²) < 4.78 is 0. The molecule has 0 fully saturated rings. The van der Waals surface area contributed by atoms with Crippen LogP contribution in [-0.2, 0) is 4.79 Å². The first kappa shape index (κ1) is 12.0. The topological polar surface area (TPSA) is 99.1 Å². The van der Waals surface area contributed by atoms with Crippen LogP contribution in [-0.4, -0.2) is 23.7 Å². The molecular weight excluding hydrogens is 206 g/mol. The number of rotatable bonds is 5. The molecule has 4 N–H and O–H groups in total. The summed E-state index contributed by atoms with van der Waals surface area (Å²) in [6.07, 6.45) is 0.315. The quantitative estimate of drug-likeness (QED) is 0.679. The molecule has 0 aliphatic rings. The van der Waals surface area contributed by atoms with Crippen molar-refractivity contribution in [2.24, 2.45) is 5.73 Å². The van der Waals surface area contributed by atoms with Gasteiger partial charge in [-0.15, -0.1) is 0 Å². The fraction of sp³-hybridized carbons (Fsp3) is 0.273. The average Bonchev–Trinajstić information content (AvgIpc) is 2.29. The minimum absolute atomic E-state index is 0.315. The molecule has 1 unspecified atom stereocenters. The molecule has 0 saturated carbocycles. The lowest BCUT2D eigenvalue weighted by Crippen LogP contribution is -2.32. The van der Waals surface area contributed by atoms with E-state index in [1.807, 2.05) is 6.07 Å². The first-order valence-electron chi connectivity index (χ1n) is 4.86. The SMILES string of the molecule is N#Cc1ccccc1NCCC(N)C(=O)O. The van der Waals surface area contributed by atoms with Crippen LogP contribution in [0.3, 0.4) is 0 Å². The van der Waals surface area contributed by atoms with Crippen LogP contribution in [0, 0.1) is 11.3 Å². The van der Waals surface area contributed by atoms with Gasteiger partial charge in [-0.3, -0.25) is 4.79 Å². The number of benzene rings is 1. The normalized spacial score (nSPS) is 11.5. The van der Waals surface area contributed by atoms with E-state index in [0.717, 1.165) is 0 Å². The molecule has 16 heavy (non-hydrogen) atoms. The second-order valence-corrected chi connectivity index (χ2v) is 3.32. The van der Waals surface area contributed by atoms with E-state index in [1.54, 1.807) is 24.3 Å². The molecule has 0 aliphatic heterocycles. The van der Waals surface area contributed by atoms with Crippen molar-refractivity contribution in [1.82, 2.24) is 0 Å². The molecule has 1 rings (SSSR count). The zero-order chi connectivity index (χ0) is 12.0. The highest BCUT2D eigenvalue weighted by Gasteiger charge is 2.10. The van der Waals surface area contributed by atoms with Gasteiger partial charge in [-0.2, -0.15) is 5.26 Å². The highest BCUT2D eigenvalue weighted by atomic mass is 16.4. The third kappa shape index (κ3) is 3.26. The molecule has 0 radical (unpaired) electrons. The van der Waals surface area contributed by atoms with Crippen LogP contribution in [0.15, 0.2) is 24.3 Å². The predicted molar refractivity (Wildman–Crippen MR) is 59.9 cm³/mol. The summed E-state index contributed by atoms with van der Waals surface area (Å²) in [4.78, 5) is 10.5. The molecule has 84 valence electrons. The van der Waals surface area contributed by atoms with Crippen molar-refractivity contribution in [3.05, 3.63) is 29.8 Å². The van der Waals surface area contributed by atoms with Crippen LogP contribution in [0.1, 0.15) is 12.0 Å². The molecule has 0 bridgehead atoms. The van der Waals surface area contributed by atoms with Gasteiger partial charge < -0.3 is 16.2 Å². The number of hydrogen-bond acceptors (Lipinski definition) is 4. The number of hydrogen-bond donors (Lipinski definition) is 3. The number of carboxylic acids is 1. The monoisotopic (exact) mass is 219 g/mol. The molecule has 0 saturated heterocycles. The Hall–Kier alpha value is -2.06. The lowest BCUT2D eigenvalue weighted by Gasteiger charge is -2.09. The summed E-state index contributed by atoms with van der Waals surface area (Å²) in [5, 5.41) is 20.4. The van der Waals surface area contributed by atoms with E-state index in [1.165, 1.54) is 0 Å². The fourth-order valence-corrected chi connectivity index (χ4v) is 1.22. The van der Waals surface area contributed by atoms with Crippen molar-refractivity contribution in [3.8, 4) is 6.07 Å². The Morgan fingerprint density at radius 2 is 2.25 bits per heavy atom. The molecule has 5 heteroatoms. The first-order valence-corrected chi connectivity index (χ1v) is 4.86. The third-order valence-corrected chi connectivity index (χ3v) is 2.14. The smallest absolute Gasteiger partial charge is 0.320 e. The second-order valence-electron chi connectivity index (χ2n) is 3.32. The number of carboxylic acid groups (broad SMARTS) is 1. The summed E-state index contributed by atoms with van der Waals surface area (Å²) in [7, 11) is 0. The molecule has 0 amide bonds. The summed E-state index contributed by atoms with van der Waals surface area (Å²) in [5.74, 6) is -1.02. The van der Waals surface area contributed by atoms with Crippen molar-refractivity contribution in [2.75, 3.05) is 11.9 Å². The third-order valence-electron chi connectivity index (χ3n) is 2.14.